The summed E-state index contributed by atoms with van der Waals surface area (Å²) < 4.78 is 20.1. The molecule has 0 spiro atoms. The van der Waals surface area contributed by atoms with Gasteiger partial charge < -0.3 is 10.1 Å². The molecule has 0 aliphatic rings. The zero-order chi connectivity index (χ0) is 17.6. The van der Waals surface area contributed by atoms with E-state index in [9.17, 15) is 9.18 Å². The third kappa shape index (κ3) is 4.67. The normalized spacial score (nSPS) is 10.5. The van der Waals surface area contributed by atoms with Crippen LogP contribution in [0.1, 0.15) is 21.5 Å². The van der Waals surface area contributed by atoms with Gasteiger partial charge in [-0.2, -0.15) is 5.10 Å². The Labute approximate surface area is 145 Å². The summed E-state index contributed by atoms with van der Waals surface area (Å²) in [4.78, 5) is 12.1. The van der Waals surface area contributed by atoms with Crippen molar-refractivity contribution in [3.05, 3.63) is 83.4 Å². The topological polar surface area (TPSA) is 56.2 Å². The molecule has 1 heterocycles. The van der Waals surface area contributed by atoms with Crippen molar-refractivity contribution < 1.29 is 13.9 Å². The van der Waals surface area contributed by atoms with E-state index in [1.54, 1.807) is 35.1 Å². The molecule has 0 atom stereocenters. The Hall–Kier alpha value is -3.15. The SMILES string of the molecule is Cn1cc(CNC(=O)c2ccc(COc3ccc(F)cc3)cc2)cn1. The van der Waals surface area contributed by atoms with Gasteiger partial charge in [-0.15, -0.1) is 0 Å². The number of carbonyl (C=O) groups is 1. The second-order valence-electron chi connectivity index (χ2n) is 5.64. The number of aromatic nitrogens is 2. The van der Waals surface area contributed by atoms with Gasteiger partial charge in [0.05, 0.1) is 6.20 Å². The van der Waals surface area contributed by atoms with Crippen molar-refractivity contribution in [1.82, 2.24) is 15.1 Å². The van der Waals surface area contributed by atoms with E-state index in [-0.39, 0.29) is 11.7 Å². The molecule has 25 heavy (non-hydrogen) atoms. The summed E-state index contributed by atoms with van der Waals surface area (Å²) in [5.41, 5.74) is 2.45. The third-order valence-corrected chi connectivity index (χ3v) is 3.65. The summed E-state index contributed by atoms with van der Waals surface area (Å²) in [6, 6.07) is 13.0. The lowest BCUT2D eigenvalue weighted by Crippen LogP contribution is -2.22. The Bertz CT molecular complexity index is 842. The Balaban J connectivity index is 1.52. The molecule has 1 N–H and O–H groups in total. The molecule has 0 fully saturated rings. The quantitative estimate of drug-likeness (QED) is 0.751. The van der Waals surface area contributed by atoms with Crippen LogP contribution in [0.15, 0.2) is 60.9 Å². The molecule has 1 amide bonds. The molecule has 0 saturated heterocycles. The molecule has 3 rings (SSSR count). The largest absolute Gasteiger partial charge is 0.489 e. The number of amides is 1. The number of rotatable bonds is 6. The van der Waals surface area contributed by atoms with E-state index in [0.717, 1.165) is 11.1 Å². The van der Waals surface area contributed by atoms with Gasteiger partial charge in [0.25, 0.3) is 5.91 Å². The number of benzene rings is 2. The van der Waals surface area contributed by atoms with Gasteiger partial charge in [0, 0.05) is 30.9 Å². The van der Waals surface area contributed by atoms with Gasteiger partial charge in [0.1, 0.15) is 18.2 Å². The summed E-state index contributed by atoms with van der Waals surface area (Å²) in [6.07, 6.45) is 3.58. The summed E-state index contributed by atoms with van der Waals surface area (Å²) in [6.45, 7) is 0.783. The highest BCUT2D eigenvalue weighted by Crippen LogP contribution is 2.14. The average molecular weight is 339 g/mol. The van der Waals surface area contributed by atoms with Crippen molar-refractivity contribution in [2.45, 2.75) is 13.2 Å². The highest BCUT2D eigenvalue weighted by atomic mass is 19.1. The fraction of sp³-hybridized carbons (Fsp3) is 0.158. The Morgan fingerprint density at radius 2 is 1.84 bits per heavy atom. The van der Waals surface area contributed by atoms with Crippen LogP contribution in [0.5, 0.6) is 5.75 Å². The van der Waals surface area contributed by atoms with E-state index >= 15 is 0 Å². The average Bonchev–Trinajstić information content (AvgIpc) is 3.05. The van der Waals surface area contributed by atoms with Crippen LogP contribution in [-0.4, -0.2) is 15.7 Å². The van der Waals surface area contributed by atoms with E-state index in [1.165, 1.54) is 12.1 Å². The second kappa shape index (κ2) is 7.61. The van der Waals surface area contributed by atoms with E-state index in [0.29, 0.717) is 24.5 Å². The first-order valence-corrected chi connectivity index (χ1v) is 7.83. The van der Waals surface area contributed by atoms with Gasteiger partial charge >= 0.3 is 0 Å². The van der Waals surface area contributed by atoms with E-state index in [4.69, 9.17) is 4.74 Å². The van der Waals surface area contributed by atoms with E-state index in [2.05, 4.69) is 10.4 Å². The van der Waals surface area contributed by atoms with Gasteiger partial charge in [0.15, 0.2) is 0 Å². The van der Waals surface area contributed by atoms with Crippen LogP contribution in [0.25, 0.3) is 0 Å². The molecule has 128 valence electrons. The Morgan fingerprint density at radius 1 is 1.12 bits per heavy atom. The summed E-state index contributed by atoms with van der Waals surface area (Å²) in [7, 11) is 1.83. The predicted octanol–water partition coefficient (Wildman–Crippen LogP) is 3.07. The van der Waals surface area contributed by atoms with Crippen LogP contribution < -0.4 is 10.1 Å². The zero-order valence-electron chi connectivity index (χ0n) is 13.8. The van der Waals surface area contributed by atoms with Crippen molar-refractivity contribution in [3.8, 4) is 5.75 Å². The molecule has 5 nitrogen and oxygen atoms in total. The number of aryl methyl sites for hydroxylation is 1. The van der Waals surface area contributed by atoms with Crippen LogP contribution in [0, 0.1) is 5.82 Å². The fourth-order valence-corrected chi connectivity index (χ4v) is 2.30. The van der Waals surface area contributed by atoms with Gasteiger partial charge in [-0.3, -0.25) is 9.48 Å². The van der Waals surface area contributed by atoms with E-state index in [1.807, 2.05) is 25.4 Å². The minimum absolute atomic E-state index is 0.144. The standard InChI is InChI=1S/C19H18FN3O2/c1-23-12-15(11-22-23)10-21-19(24)16-4-2-14(3-5-16)13-25-18-8-6-17(20)7-9-18/h2-9,11-12H,10,13H2,1H3,(H,21,24). The first kappa shape index (κ1) is 16.7. The minimum Gasteiger partial charge on any atom is -0.489 e. The first-order valence-electron chi connectivity index (χ1n) is 7.83. The third-order valence-electron chi connectivity index (χ3n) is 3.65. The molecule has 0 aliphatic heterocycles. The van der Waals surface area contributed by atoms with Crippen molar-refractivity contribution in [3.63, 3.8) is 0 Å². The van der Waals surface area contributed by atoms with Crippen molar-refractivity contribution in [1.29, 1.82) is 0 Å². The molecule has 2 aromatic carbocycles. The summed E-state index contributed by atoms with van der Waals surface area (Å²) in [5, 5.41) is 6.91. The number of carbonyl (C=O) groups excluding carboxylic acids is 1. The van der Waals surface area contributed by atoms with Crippen LogP contribution in [-0.2, 0) is 20.2 Å². The maximum Gasteiger partial charge on any atom is 0.251 e. The van der Waals surface area contributed by atoms with Crippen LogP contribution in [0.4, 0.5) is 4.39 Å². The molecule has 3 aromatic rings. The number of hydrogen-bond donors (Lipinski definition) is 1. The van der Waals surface area contributed by atoms with Gasteiger partial charge in [0.2, 0.25) is 0 Å². The predicted molar refractivity (Wildman–Crippen MR) is 91.6 cm³/mol. The first-order chi connectivity index (χ1) is 12.1. The van der Waals surface area contributed by atoms with Crippen molar-refractivity contribution in [2.24, 2.45) is 7.05 Å². The van der Waals surface area contributed by atoms with Crippen molar-refractivity contribution in [2.75, 3.05) is 0 Å². The van der Waals surface area contributed by atoms with Gasteiger partial charge in [-0.05, 0) is 42.0 Å². The van der Waals surface area contributed by atoms with Crippen LogP contribution >= 0.6 is 0 Å². The maximum absolute atomic E-state index is 12.8. The molecule has 6 heteroatoms. The van der Waals surface area contributed by atoms with Crippen LogP contribution in [0.3, 0.4) is 0 Å². The number of ether oxygens (including phenoxy) is 1. The molecule has 1 aromatic heterocycles. The van der Waals surface area contributed by atoms with Crippen molar-refractivity contribution >= 4 is 5.91 Å². The highest BCUT2D eigenvalue weighted by molar-refractivity contribution is 5.94. The lowest BCUT2D eigenvalue weighted by Gasteiger charge is -2.07. The Morgan fingerprint density at radius 3 is 2.48 bits per heavy atom. The maximum atomic E-state index is 12.8. The van der Waals surface area contributed by atoms with Crippen LogP contribution in [0.2, 0.25) is 0 Å². The molecule has 0 saturated carbocycles. The molecular formula is C19H18FN3O2. The fourth-order valence-electron chi connectivity index (χ4n) is 2.30. The molecular weight excluding hydrogens is 321 g/mol. The highest BCUT2D eigenvalue weighted by Gasteiger charge is 2.06. The Kier molecular flexibility index (Phi) is 5.09. The van der Waals surface area contributed by atoms with Gasteiger partial charge in [-0.1, -0.05) is 12.1 Å². The number of nitrogens with one attached hydrogen (secondary N) is 1. The summed E-state index contributed by atoms with van der Waals surface area (Å²) >= 11 is 0. The molecule has 0 unspecified atom stereocenters. The smallest absolute Gasteiger partial charge is 0.251 e. The zero-order valence-corrected chi connectivity index (χ0v) is 13.8. The lowest BCUT2D eigenvalue weighted by atomic mass is 10.1. The minimum atomic E-state index is -0.297. The summed E-state index contributed by atoms with van der Waals surface area (Å²) in [5.74, 6) is 0.156. The number of nitrogens with zero attached hydrogens (tertiary/aromatic N) is 2. The molecule has 0 radical (unpaired) electrons. The number of halogens is 1. The molecule has 0 aliphatic carbocycles. The van der Waals surface area contributed by atoms with Gasteiger partial charge in [-0.25, -0.2) is 4.39 Å². The molecule has 0 bridgehead atoms. The second-order valence-corrected chi connectivity index (χ2v) is 5.64. The number of hydrogen-bond acceptors (Lipinski definition) is 3. The van der Waals surface area contributed by atoms with E-state index < -0.39 is 0 Å². The monoisotopic (exact) mass is 339 g/mol. The lowest BCUT2D eigenvalue weighted by molar-refractivity contribution is 0.0951.